The monoisotopic (exact) mass is 286 g/mol. The van der Waals surface area contributed by atoms with E-state index in [1.54, 1.807) is 0 Å². The predicted molar refractivity (Wildman–Crippen MR) is 89.4 cm³/mol. The highest BCUT2D eigenvalue weighted by atomic mass is 15.2. The van der Waals surface area contributed by atoms with Crippen LogP contribution < -0.4 is 5.32 Å². The van der Waals surface area contributed by atoms with E-state index in [2.05, 4.69) is 47.5 Å². The minimum Gasteiger partial charge on any atom is -0.315 e. The molecule has 2 nitrogen and oxygen atoms in total. The lowest BCUT2D eigenvalue weighted by atomic mass is 9.84. The summed E-state index contributed by atoms with van der Waals surface area (Å²) in [6.45, 7) is 5.77. The zero-order valence-electron chi connectivity index (χ0n) is 13.4. The van der Waals surface area contributed by atoms with Crippen LogP contribution in [0.3, 0.4) is 0 Å². The first-order chi connectivity index (χ1) is 10.4. The number of hydrogen-bond acceptors (Lipinski definition) is 2. The molecule has 116 valence electrons. The molecular weight excluding hydrogens is 256 g/mol. The molecule has 0 spiro atoms. The van der Waals surface area contributed by atoms with Gasteiger partial charge in [-0.05, 0) is 50.3 Å². The average Bonchev–Trinajstić information content (AvgIpc) is 2.96. The molecule has 1 aliphatic carbocycles. The molecule has 0 radical (unpaired) electrons. The van der Waals surface area contributed by atoms with Crippen LogP contribution in [0.15, 0.2) is 30.3 Å². The van der Waals surface area contributed by atoms with Crippen molar-refractivity contribution in [2.75, 3.05) is 19.6 Å². The maximum atomic E-state index is 3.66. The molecule has 0 amide bonds. The van der Waals surface area contributed by atoms with Crippen molar-refractivity contribution in [1.82, 2.24) is 10.2 Å². The van der Waals surface area contributed by atoms with Gasteiger partial charge < -0.3 is 5.32 Å². The first kappa shape index (κ1) is 15.1. The molecule has 2 heteroatoms. The van der Waals surface area contributed by atoms with Gasteiger partial charge in [-0.3, -0.25) is 4.90 Å². The van der Waals surface area contributed by atoms with Crippen molar-refractivity contribution in [3.05, 3.63) is 35.9 Å². The van der Waals surface area contributed by atoms with Gasteiger partial charge in [0.1, 0.15) is 0 Å². The Kier molecular flexibility index (Phi) is 5.32. The number of benzene rings is 1. The van der Waals surface area contributed by atoms with Crippen LogP contribution in [0.5, 0.6) is 0 Å². The highest BCUT2D eigenvalue weighted by molar-refractivity contribution is 5.20. The summed E-state index contributed by atoms with van der Waals surface area (Å²) in [6.07, 6.45) is 8.41. The Balaban J connectivity index is 1.74. The van der Waals surface area contributed by atoms with E-state index in [4.69, 9.17) is 0 Å². The van der Waals surface area contributed by atoms with Crippen LogP contribution in [-0.4, -0.2) is 30.6 Å². The van der Waals surface area contributed by atoms with E-state index in [-0.39, 0.29) is 0 Å². The number of rotatable bonds is 6. The largest absolute Gasteiger partial charge is 0.315 e. The maximum Gasteiger partial charge on any atom is 0.0475 e. The Bertz CT molecular complexity index is 417. The summed E-state index contributed by atoms with van der Waals surface area (Å²) >= 11 is 0. The van der Waals surface area contributed by atoms with Crippen LogP contribution >= 0.6 is 0 Å². The molecule has 21 heavy (non-hydrogen) atoms. The minimum absolute atomic E-state index is 0.561. The van der Waals surface area contributed by atoms with Gasteiger partial charge in [-0.1, -0.05) is 50.1 Å². The average molecular weight is 286 g/mol. The summed E-state index contributed by atoms with van der Waals surface area (Å²) in [5.74, 6) is 0.969. The van der Waals surface area contributed by atoms with E-state index in [0.29, 0.717) is 6.04 Å². The summed E-state index contributed by atoms with van der Waals surface area (Å²) in [5.41, 5.74) is 1.49. The molecule has 1 aromatic carbocycles. The summed E-state index contributed by atoms with van der Waals surface area (Å²) in [5, 5.41) is 3.66. The summed E-state index contributed by atoms with van der Waals surface area (Å²) in [4.78, 5) is 2.82. The van der Waals surface area contributed by atoms with Crippen molar-refractivity contribution >= 4 is 0 Å². The maximum absolute atomic E-state index is 3.66. The van der Waals surface area contributed by atoms with Crippen LogP contribution in [-0.2, 0) is 0 Å². The zero-order chi connectivity index (χ0) is 14.5. The van der Waals surface area contributed by atoms with Gasteiger partial charge in [0.05, 0.1) is 0 Å². The lowest BCUT2D eigenvalue weighted by molar-refractivity contribution is 0.130. The Morgan fingerprint density at radius 1 is 1.14 bits per heavy atom. The normalized spacial score (nSPS) is 27.5. The standard InChI is InChI=1S/C19H30N2/c1-2-13-20-15-19(16-8-4-3-5-9-16)21-14-12-17-10-6-7-11-18(17)21/h3-5,8-9,17-20H,2,6-7,10-15H2,1H3. The van der Waals surface area contributed by atoms with Gasteiger partial charge in [0, 0.05) is 18.6 Å². The highest BCUT2D eigenvalue weighted by Gasteiger charge is 2.39. The van der Waals surface area contributed by atoms with E-state index in [1.165, 1.54) is 50.6 Å². The van der Waals surface area contributed by atoms with Crippen molar-refractivity contribution in [1.29, 1.82) is 0 Å². The third-order valence-corrected chi connectivity index (χ3v) is 5.40. The molecule has 0 bridgehead atoms. The number of likely N-dealkylation sites (tertiary alicyclic amines) is 1. The zero-order valence-corrected chi connectivity index (χ0v) is 13.4. The number of nitrogens with zero attached hydrogens (tertiary/aromatic N) is 1. The molecule has 1 saturated heterocycles. The van der Waals surface area contributed by atoms with E-state index in [0.717, 1.165) is 25.0 Å². The van der Waals surface area contributed by atoms with Crippen molar-refractivity contribution in [2.45, 2.75) is 57.5 Å². The first-order valence-corrected chi connectivity index (χ1v) is 8.91. The molecule has 1 aliphatic heterocycles. The lowest BCUT2D eigenvalue weighted by Gasteiger charge is -2.37. The van der Waals surface area contributed by atoms with Crippen LogP contribution in [0.2, 0.25) is 0 Å². The SMILES string of the molecule is CCCNCC(c1ccccc1)N1CCC2CCCCC21. The first-order valence-electron chi connectivity index (χ1n) is 8.91. The van der Waals surface area contributed by atoms with Crippen LogP contribution in [0, 0.1) is 5.92 Å². The van der Waals surface area contributed by atoms with E-state index in [9.17, 15) is 0 Å². The van der Waals surface area contributed by atoms with Crippen molar-refractivity contribution in [3.8, 4) is 0 Å². The van der Waals surface area contributed by atoms with Gasteiger partial charge in [-0.15, -0.1) is 0 Å². The number of fused-ring (bicyclic) bond motifs is 1. The van der Waals surface area contributed by atoms with Gasteiger partial charge >= 0.3 is 0 Å². The Morgan fingerprint density at radius 3 is 2.76 bits per heavy atom. The summed E-state index contributed by atoms with van der Waals surface area (Å²) < 4.78 is 0. The molecule has 1 heterocycles. The Morgan fingerprint density at radius 2 is 1.95 bits per heavy atom. The molecule has 3 rings (SSSR count). The van der Waals surface area contributed by atoms with Gasteiger partial charge in [-0.25, -0.2) is 0 Å². The second kappa shape index (κ2) is 7.42. The quantitative estimate of drug-likeness (QED) is 0.795. The molecule has 3 atom stereocenters. The van der Waals surface area contributed by atoms with Gasteiger partial charge in [0.25, 0.3) is 0 Å². The van der Waals surface area contributed by atoms with Gasteiger partial charge in [0.15, 0.2) is 0 Å². The molecule has 1 aromatic rings. The van der Waals surface area contributed by atoms with E-state index < -0.39 is 0 Å². The van der Waals surface area contributed by atoms with Crippen molar-refractivity contribution in [2.24, 2.45) is 5.92 Å². The third kappa shape index (κ3) is 3.49. The number of hydrogen-bond donors (Lipinski definition) is 1. The van der Waals surface area contributed by atoms with E-state index in [1.807, 2.05) is 0 Å². The van der Waals surface area contributed by atoms with Crippen molar-refractivity contribution < 1.29 is 0 Å². The van der Waals surface area contributed by atoms with Gasteiger partial charge in [-0.2, -0.15) is 0 Å². The highest BCUT2D eigenvalue weighted by Crippen LogP contribution is 2.40. The molecule has 1 saturated carbocycles. The van der Waals surface area contributed by atoms with Crippen LogP contribution in [0.4, 0.5) is 0 Å². The molecule has 2 aliphatic rings. The molecule has 2 fully saturated rings. The lowest BCUT2D eigenvalue weighted by Crippen LogP contribution is -2.41. The minimum atomic E-state index is 0.561. The fraction of sp³-hybridized carbons (Fsp3) is 0.684. The van der Waals surface area contributed by atoms with E-state index >= 15 is 0 Å². The smallest absolute Gasteiger partial charge is 0.0475 e. The molecule has 3 unspecified atom stereocenters. The Labute approximate surface area is 129 Å². The number of nitrogens with one attached hydrogen (secondary N) is 1. The predicted octanol–water partition coefficient (Wildman–Crippen LogP) is 3.99. The second-order valence-electron chi connectivity index (χ2n) is 6.77. The molecular formula is C19H30N2. The molecule has 0 aromatic heterocycles. The Hall–Kier alpha value is -0.860. The summed E-state index contributed by atoms with van der Waals surface area (Å²) in [7, 11) is 0. The van der Waals surface area contributed by atoms with Crippen LogP contribution in [0.25, 0.3) is 0 Å². The second-order valence-corrected chi connectivity index (χ2v) is 6.77. The third-order valence-electron chi connectivity index (χ3n) is 5.40. The topological polar surface area (TPSA) is 15.3 Å². The fourth-order valence-electron chi connectivity index (χ4n) is 4.35. The fourth-order valence-corrected chi connectivity index (χ4v) is 4.35. The van der Waals surface area contributed by atoms with Crippen molar-refractivity contribution in [3.63, 3.8) is 0 Å². The van der Waals surface area contributed by atoms with Gasteiger partial charge in [0.2, 0.25) is 0 Å². The summed E-state index contributed by atoms with van der Waals surface area (Å²) in [6, 6.07) is 12.5. The van der Waals surface area contributed by atoms with Crippen LogP contribution in [0.1, 0.15) is 57.1 Å². The molecule has 1 N–H and O–H groups in total.